The molecule has 106 valence electrons. The maximum absolute atomic E-state index is 6.05. The van der Waals surface area contributed by atoms with Gasteiger partial charge in [0, 0.05) is 6.04 Å². The first-order valence-electron chi connectivity index (χ1n) is 7.11. The zero-order valence-corrected chi connectivity index (χ0v) is 12.7. The van der Waals surface area contributed by atoms with E-state index in [-0.39, 0.29) is 6.04 Å². The van der Waals surface area contributed by atoms with E-state index in [1.807, 2.05) is 31.2 Å². The Morgan fingerprint density at radius 1 is 0.950 bits per heavy atom. The van der Waals surface area contributed by atoms with Crippen LogP contribution in [0.1, 0.15) is 49.4 Å². The summed E-state index contributed by atoms with van der Waals surface area (Å²) in [6.07, 6.45) is 0. The Balaban J connectivity index is 2.27. The third-order valence-electron chi connectivity index (χ3n) is 3.42. The van der Waals surface area contributed by atoms with E-state index in [2.05, 4.69) is 39.0 Å². The number of benzene rings is 2. The first-order valence-corrected chi connectivity index (χ1v) is 7.11. The van der Waals surface area contributed by atoms with Crippen LogP contribution in [0.3, 0.4) is 0 Å². The molecule has 0 amide bonds. The second kappa shape index (κ2) is 6.10. The predicted octanol–water partition coefficient (Wildman–Crippen LogP) is 4.93. The number of rotatable bonds is 4. The average molecular weight is 269 g/mol. The van der Waals surface area contributed by atoms with Gasteiger partial charge >= 0.3 is 0 Å². The fourth-order valence-corrected chi connectivity index (χ4v) is 2.17. The van der Waals surface area contributed by atoms with Crippen LogP contribution in [-0.2, 0) is 0 Å². The second-order valence-corrected chi connectivity index (χ2v) is 5.66. The Hall–Kier alpha value is -1.80. The molecule has 2 rings (SSSR count). The van der Waals surface area contributed by atoms with Gasteiger partial charge in [0.2, 0.25) is 0 Å². The van der Waals surface area contributed by atoms with Gasteiger partial charge in [0.1, 0.15) is 11.5 Å². The highest BCUT2D eigenvalue weighted by Crippen LogP contribution is 2.31. The topological polar surface area (TPSA) is 35.2 Å². The summed E-state index contributed by atoms with van der Waals surface area (Å²) < 4.78 is 6.05. The van der Waals surface area contributed by atoms with Crippen molar-refractivity contribution in [1.29, 1.82) is 0 Å². The van der Waals surface area contributed by atoms with Gasteiger partial charge in [-0.05, 0) is 54.7 Å². The van der Waals surface area contributed by atoms with Crippen molar-refractivity contribution < 1.29 is 4.74 Å². The fourth-order valence-electron chi connectivity index (χ4n) is 2.17. The van der Waals surface area contributed by atoms with Crippen LogP contribution in [0.2, 0.25) is 0 Å². The summed E-state index contributed by atoms with van der Waals surface area (Å²) in [5, 5.41) is 0. The van der Waals surface area contributed by atoms with E-state index in [0.717, 1.165) is 17.1 Å². The van der Waals surface area contributed by atoms with Gasteiger partial charge in [-0.2, -0.15) is 0 Å². The summed E-state index contributed by atoms with van der Waals surface area (Å²) in [5.41, 5.74) is 9.41. The van der Waals surface area contributed by atoms with Crippen LogP contribution in [0.15, 0.2) is 42.5 Å². The van der Waals surface area contributed by atoms with Gasteiger partial charge in [-0.15, -0.1) is 0 Å². The molecule has 0 unspecified atom stereocenters. The molecule has 0 aliphatic heterocycles. The molecule has 0 saturated heterocycles. The molecule has 2 N–H and O–H groups in total. The Labute approximate surface area is 121 Å². The molecule has 2 heteroatoms. The quantitative estimate of drug-likeness (QED) is 0.854. The molecule has 1 atom stereocenters. The normalized spacial score (nSPS) is 12.5. The van der Waals surface area contributed by atoms with Gasteiger partial charge in [0.25, 0.3) is 0 Å². The predicted molar refractivity (Wildman–Crippen MR) is 84.4 cm³/mol. The van der Waals surface area contributed by atoms with Gasteiger partial charge < -0.3 is 10.5 Å². The van der Waals surface area contributed by atoms with Crippen LogP contribution in [0.5, 0.6) is 11.5 Å². The SMILES string of the molecule is Cc1ccc(C(C)C)c(Oc2ccc([C@@H](C)N)cc2)c1. The van der Waals surface area contributed by atoms with Crippen molar-refractivity contribution in [2.24, 2.45) is 5.73 Å². The highest BCUT2D eigenvalue weighted by Gasteiger charge is 2.09. The third kappa shape index (κ3) is 3.40. The summed E-state index contributed by atoms with van der Waals surface area (Å²) >= 11 is 0. The molecule has 0 fully saturated rings. The molecule has 2 aromatic rings. The minimum absolute atomic E-state index is 0.0502. The molecular formula is C18H23NO. The summed E-state index contributed by atoms with van der Waals surface area (Å²) in [6, 6.07) is 14.4. The maximum atomic E-state index is 6.05. The van der Waals surface area contributed by atoms with Gasteiger partial charge in [-0.25, -0.2) is 0 Å². The molecule has 0 bridgehead atoms. The molecule has 0 radical (unpaired) electrons. The summed E-state index contributed by atoms with van der Waals surface area (Å²) in [4.78, 5) is 0. The average Bonchev–Trinajstić information content (AvgIpc) is 2.39. The lowest BCUT2D eigenvalue weighted by molar-refractivity contribution is 0.472. The Morgan fingerprint density at radius 3 is 2.15 bits per heavy atom. The van der Waals surface area contributed by atoms with Gasteiger partial charge in [-0.3, -0.25) is 0 Å². The zero-order chi connectivity index (χ0) is 14.7. The maximum Gasteiger partial charge on any atom is 0.131 e. The monoisotopic (exact) mass is 269 g/mol. The standard InChI is InChI=1S/C18H23NO/c1-12(2)17-10-5-13(3)11-18(17)20-16-8-6-15(7-9-16)14(4)19/h5-12,14H,19H2,1-4H3/t14-/m1/s1. The molecule has 20 heavy (non-hydrogen) atoms. The van der Waals surface area contributed by atoms with E-state index in [1.165, 1.54) is 11.1 Å². The fraction of sp³-hybridized carbons (Fsp3) is 0.333. The first kappa shape index (κ1) is 14.6. The lowest BCUT2D eigenvalue weighted by Crippen LogP contribution is -2.04. The number of aryl methyl sites for hydroxylation is 1. The van der Waals surface area contributed by atoms with Crippen LogP contribution in [0.4, 0.5) is 0 Å². The van der Waals surface area contributed by atoms with Crippen LogP contribution in [-0.4, -0.2) is 0 Å². The smallest absolute Gasteiger partial charge is 0.131 e. The van der Waals surface area contributed by atoms with Crippen molar-refractivity contribution in [2.45, 2.75) is 39.7 Å². The molecule has 0 aromatic heterocycles. The van der Waals surface area contributed by atoms with Crippen LogP contribution in [0.25, 0.3) is 0 Å². The highest BCUT2D eigenvalue weighted by atomic mass is 16.5. The lowest BCUT2D eigenvalue weighted by atomic mass is 10.0. The van der Waals surface area contributed by atoms with Gasteiger partial charge in [-0.1, -0.05) is 38.1 Å². The van der Waals surface area contributed by atoms with Crippen LogP contribution < -0.4 is 10.5 Å². The first-order chi connectivity index (χ1) is 9.47. The number of ether oxygens (including phenoxy) is 1. The number of hydrogen-bond donors (Lipinski definition) is 1. The van der Waals surface area contributed by atoms with Crippen molar-refractivity contribution >= 4 is 0 Å². The van der Waals surface area contributed by atoms with E-state index in [4.69, 9.17) is 10.5 Å². The largest absolute Gasteiger partial charge is 0.457 e. The number of hydrogen-bond acceptors (Lipinski definition) is 2. The van der Waals surface area contributed by atoms with E-state index >= 15 is 0 Å². The van der Waals surface area contributed by atoms with Crippen LogP contribution >= 0.6 is 0 Å². The summed E-state index contributed by atoms with van der Waals surface area (Å²) in [7, 11) is 0. The van der Waals surface area contributed by atoms with Gasteiger partial charge in [0.05, 0.1) is 0 Å². The van der Waals surface area contributed by atoms with Gasteiger partial charge in [0.15, 0.2) is 0 Å². The Kier molecular flexibility index (Phi) is 4.46. The van der Waals surface area contributed by atoms with Crippen molar-refractivity contribution in [3.05, 3.63) is 59.2 Å². The summed E-state index contributed by atoms with van der Waals surface area (Å²) in [5.74, 6) is 2.23. The van der Waals surface area contributed by atoms with E-state index in [1.54, 1.807) is 0 Å². The molecule has 2 nitrogen and oxygen atoms in total. The molecule has 0 aliphatic carbocycles. The Morgan fingerprint density at radius 2 is 1.60 bits per heavy atom. The second-order valence-electron chi connectivity index (χ2n) is 5.66. The lowest BCUT2D eigenvalue weighted by Gasteiger charge is -2.15. The minimum atomic E-state index is 0.0502. The minimum Gasteiger partial charge on any atom is -0.457 e. The molecular weight excluding hydrogens is 246 g/mol. The van der Waals surface area contributed by atoms with Crippen LogP contribution in [0, 0.1) is 6.92 Å². The van der Waals surface area contributed by atoms with E-state index in [9.17, 15) is 0 Å². The third-order valence-corrected chi connectivity index (χ3v) is 3.42. The van der Waals surface area contributed by atoms with Crippen molar-refractivity contribution in [3.8, 4) is 11.5 Å². The van der Waals surface area contributed by atoms with Crippen molar-refractivity contribution in [1.82, 2.24) is 0 Å². The summed E-state index contributed by atoms with van der Waals surface area (Å²) in [6.45, 7) is 8.41. The molecule has 0 saturated carbocycles. The Bertz CT molecular complexity index is 570. The van der Waals surface area contributed by atoms with Crippen molar-refractivity contribution in [2.75, 3.05) is 0 Å². The molecule has 0 aliphatic rings. The molecule has 0 spiro atoms. The molecule has 2 aromatic carbocycles. The van der Waals surface area contributed by atoms with Crippen molar-refractivity contribution in [3.63, 3.8) is 0 Å². The van der Waals surface area contributed by atoms with E-state index in [0.29, 0.717) is 5.92 Å². The highest BCUT2D eigenvalue weighted by molar-refractivity contribution is 5.42. The number of nitrogens with two attached hydrogens (primary N) is 1. The van der Waals surface area contributed by atoms with E-state index < -0.39 is 0 Å². The molecule has 0 heterocycles. The zero-order valence-electron chi connectivity index (χ0n) is 12.7.